The van der Waals surface area contributed by atoms with Crippen LogP contribution in [0.15, 0.2) is 25.8 Å². The fourth-order valence-corrected chi connectivity index (χ4v) is 5.60. The van der Waals surface area contributed by atoms with Crippen molar-refractivity contribution in [3.05, 3.63) is 45.0 Å². The Kier molecular flexibility index (Phi) is 7.04. The molecule has 1 aliphatic heterocycles. The molecule has 1 fully saturated rings. The molecule has 0 spiro atoms. The molecule has 0 unspecified atom stereocenters. The molecule has 2 aliphatic rings. The highest BCUT2D eigenvalue weighted by Gasteiger charge is 2.27. The van der Waals surface area contributed by atoms with Gasteiger partial charge in [-0.3, -0.25) is 14.4 Å². The smallest absolute Gasteiger partial charge is 0.339 e. The highest BCUT2D eigenvalue weighted by molar-refractivity contribution is 5.97. The van der Waals surface area contributed by atoms with Gasteiger partial charge in [0.15, 0.2) is 0 Å². The molecular weight excluding hydrogens is 476 g/mol. The SMILES string of the molecule is Cc1c(CCC(=O)NCCC(=O)N2CCC(C(=O)O)CC2)c(=O)oc2cc3oc4c(c3cc12)CCCC4. The number of likely N-dealkylation sites (tertiary alicyclic amines) is 1. The lowest BCUT2D eigenvalue weighted by molar-refractivity contribution is -0.145. The number of fused-ring (bicyclic) bond motifs is 4. The number of piperidine rings is 1. The van der Waals surface area contributed by atoms with E-state index in [1.807, 2.05) is 13.0 Å². The predicted molar refractivity (Wildman–Crippen MR) is 137 cm³/mol. The Morgan fingerprint density at radius 2 is 1.76 bits per heavy atom. The molecule has 3 aromatic rings. The van der Waals surface area contributed by atoms with Crippen molar-refractivity contribution in [2.24, 2.45) is 5.92 Å². The predicted octanol–water partition coefficient (Wildman–Crippen LogP) is 3.49. The lowest BCUT2D eigenvalue weighted by Gasteiger charge is -2.30. The maximum Gasteiger partial charge on any atom is 0.339 e. The Hall–Kier alpha value is -3.62. The van der Waals surface area contributed by atoms with Gasteiger partial charge in [-0.05, 0) is 57.1 Å². The van der Waals surface area contributed by atoms with E-state index < -0.39 is 17.5 Å². The number of carbonyl (C=O) groups is 3. The molecule has 1 aliphatic carbocycles. The molecule has 0 bridgehead atoms. The summed E-state index contributed by atoms with van der Waals surface area (Å²) in [5.74, 6) is -0.519. The number of benzene rings is 1. The van der Waals surface area contributed by atoms with Gasteiger partial charge in [0.05, 0.1) is 5.92 Å². The third-order valence-corrected chi connectivity index (χ3v) is 7.82. The molecule has 2 aromatic heterocycles. The van der Waals surface area contributed by atoms with E-state index in [4.69, 9.17) is 13.9 Å². The van der Waals surface area contributed by atoms with Crippen molar-refractivity contribution in [1.29, 1.82) is 0 Å². The van der Waals surface area contributed by atoms with Crippen LogP contribution in [0.1, 0.15) is 61.0 Å². The first-order valence-corrected chi connectivity index (χ1v) is 13.1. The van der Waals surface area contributed by atoms with Gasteiger partial charge in [0, 0.05) is 66.9 Å². The third kappa shape index (κ3) is 5.12. The van der Waals surface area contributed by atoms with Gasteiger partial charge in [-0.25, -0.2) is 4.79 Å². The van der Waals surface area contributed by atoms with Gasteiger partial charge in [-0.1, -0.05) is 0 Å². The van der Waals surface area contributed by atoms with Crippen molar-refractivity contribution in [2.45, 2.75) is 64.7 Å². The largest absolute Gasteiger partial charge is 0.481 e. The van der Waals surface area contributed by atoms with Crippen LogP contribution in [0.4, 0.5) is 0 Å². The summed E-state index contributed by atoms with van der Waals surface area (Å²) in [6.45, 7) is 2.94. The van der Waals surface area contributed by atoms with Crippen molar-refractivity contribution in [2.75, 3.05) is 19.6 Å². The second-order valence-corrected chi connectivity index (χ2v) is 10.1. The Balaban J connectivity index is 1.19. The highest BCUT2D eigenvalue weighted by Crippen LogP contribution is 2.35. The van der Waals surface area contributed by atoms with Crippen LogP contribution in [0.25, 0.3) is 21.9 Å². The van der Waals surface area contributed by atoms with Crippen molar-refractivity contribution >= 4 is 39.7 Å². The zero-order chi connectivity index (χ0) is 26.1. The molecule has 1 saturated heterocycles. The average Bonchev–Trinajstić information content (AvgIpc) is 3.25. The number of hydrogen-bond donors (Lipinski definition) is 2. The van der Waals surface area contributed by atoms with Gasteiger partial charge in [0.1, 0.15) is 16.9 Å². The van der Waals surface area contributed by atoms with E-state index in [9.17, 15) is 19.2 Å². The molecule has 1 aromatic carbocycles. The first-order chi connectivity index (χ1) is 17.8. The monoisotopic (exact) mass is 508 g/mol. The van der Waals surface area contributed by atoms with Gasteiger partial charge in [0.25, 0.3) is 0 Å². The summed E-state index contributed by atoms with van der Waals surface area (Å²) < 4.78 is 11.6. The second kappa shape index (κ2) is 10.4. The van der Waals surface area contributed by atoms with Gasteiger partial charge < -0.3 is 24.2 Å². The van der Waals surface area contributed by atoms with Crippen molar-refractivity contribution in [1.82, 2.24) is 10.2 Å². The Bertz CT molecular complexity index is 1430. The summed E-state index contributed by atoms with van der Waals surface area (Å²) in [6, 6.07) is 3.85. The van der Waals surface area contributed by atoms with Crippen LogP contribution in [-0.4, -0.2) is 47.4 Å². The van der Waals surface area contributed by atoms with Gasteiger partial charge >= 0.3 is 11.6 Å². The lowest BCUT2D eigenvalue weighted by Crippen LogP contribution is -2.41. The minimum absolute atomic E-state index is 0.0945. The fourth-order valence-electron chi connectivity index (χ4n) is 5.60. The van der Waals surface area contributed by atoms with Gasteiger partial charge in [-0.15, -0.1) is 0 Å². The topological polar surface area (TPSA) is 130 Å². The van der Waals surface area contributed by atoms with E-state index >= 15 is 0 Å². The summed E-state index contributed by atoms with van der Waals surface area (Å²) in [7, 11) is 0. The zero-order valence-corrected chi connectivity index (χ0v) is 21.1. The second-order valence-electron chi connectivity index (χ2n) is 10.1. The molecule has 0 atom stereocenters. The van der Waals surface area contributed by atoms with Gasteiger partial charge in [-0.2, -0.15) is 0 Å². The minimum atomic E-state index is -0.816. The number of nitrogens with zero attached hydrogens (tertiary/aromatic N) is 1. The van der Waals surface area contributed by atoms with Crippen LogP contribution in [0.5, 0.6) is 0 Å². The van der Waals surface area contributed by atoms with Gasteiger partial charge in [0.2, 0.25) is 11.8 Å². The minimum Gasteiger partial charge on any atom is -0.481 e. The van der Waals surface area contributed by atoms with Crippen LogP contribution >= 0.6 is 0 Å². The Morgan fingerprint density at radius 3 is 2.51 bits per heavy atom. The van der Waals surface area contributed by atoms with Crippen LogP contribution in [0, 0.1) is 12.8 Å². The standard InChI is InChI=1S/C28H32N2O7/c1-16-18(6-7-25(31)29-11-8-26(32)30-12-9-17(10-13-30)27(33)34)28(35)37-23-15-24-21(14-20(16)23)19-4-2-3-5-22(19)36-24/h14-15,17H,2-13H2,1H3,(H,29,31)(H,33,34). The quantitative estimate of drug-likeness (QED) is 0.467. The molecule has 0 saturated carbocycles. The average molecular weight is 509 g/mol. The van der Waals surface area contributed by atoms with E-state index in [0.29, 0.717) is 37.1 Å². The summed E-state index contributed by atoms with van der Waals surface area (Å²) in [5.41, 5.74) is 3.32. The number of carbonyl (C=O) groups excluding carboxylic acids is 2. The summed E-state index contributed by atoms with van der Waals surface area (Å²) in [4.78, 5) is 50.3. The van der Waals surface area contributed by atoms with Crippen LogP contribution in [-0.2, 0) is 33.6 Å². The lowest BCUT2D eigenvalue weighted by atomic mass is 9.94. The fraction of sp³-hybridized carbons (Fsp3) is 0.500. The van der Waals surface area contributed by atoms with E-state index in [0.717, 1.165) is 53.4 Å². The van der Waals surface area contributed by atoms with Crippen molar-refractivity contribution < 1.29 is 28.3 Å². The molecule has 2 amide bonds. The maximum atomic E-state index is 12.7. The normalized spacial score (nSPS) is 16.2. The molecular formula is C28H32N2O7. The van der Waals surface area contributed by atoms with E-state index in [2.05, 4.69) is 5.32 Å². The molecule has 9 heteroatoms. The van der Waals surface area contributed by atoms with E-state index in [1.165, 1.54) is 5.56 Å². The molecule has 37 heavy (non-hydrogen) atoms. The van der Waals surface area contributed by atoms with Crippen molar-refractivity contribution in [3.8, 4) is 0 Å². The summed E-state index contributed by atoms with van der Waals surface area (Å²) >= 11 is 0. The number of hydrogen-bond acceptors (Lipinski definition) is 6. The number of nitrogens with one attached hydrogen (secondary N) is 1. The van der Waals surface area contributed by atoms with Crippen LogP contribution < -0.4 is 10.9 Å². The first-order valence-electron chi connectivity index (χ1n) is 13.1. The number of carboxylic acid groups (broad SMARTS) is 1. The molecule has 2 N–H and O–H groups in total. The zero-order valence-electron chi connectivity index (χ0n) is 21.1. The van der Waals surface area contributed by atoms with E-state index in [-0.39, 0.29) is 37.6 Å². The Labute approximate surface area is 213 Å². The summed E-state index contributed by atoms with van der Waals surface area (Å²) in [6.07, 6.45) is 5.59. The number of rotatable bonds is 7. The molecule has 196 valence electrons. The van der Waals surface area contributed by atoms with Crippen LogP contribution in [0.2, 0.25) is 0 Å². The highest BCUT2D eigenvalue weighted by atomic mass is 16.4. The summed E-state index contributed by atoms with van der Waals surface area (Å²) in [5, 5.41) is 13.8. The molecule has 3 heterocycles. The number of aliphatic carboxylic acids is 1. The molecule has 9 nitrogen and oxygen atoms in total. The van der Waals surface area contributed by atoms with E-state index in [1.54, 1.807) is 11.0 Å². The number of furan rings is 1. The van der Waals surface area contributed by atoms with Crippen LogP contribution in [0.3, 0.4) is 0 Å². The first kappa shape index (κ1) is 25.0. The number of amides is 2. The Morgan fingerprint density at radius 1 is 1.03 bits per heavy atom. The molecule has 0 radical (unpaired) electrons. The number of aryl methyl sites for hydroxylation is 3. The maximum absolute atomic E-state index is 12.7. The van der Waals surface area contributed by atoms with Crippen molar-refractivity contribution in [3.63, 3.8) is 0 Å². The molecule has 5 rings (SSSR count). The number of carboxylic acids is 1. The third-order valence-electron chi connectivity index (χ3n) is 7.82.